The van der Waals surface area contributed by atoms with Gasteiger partial charge in [0, 0.05) is 14.7 Å². The molecule has 0 saturated heterocycles. The number of rotatable bonds is 3. The van der Waals surface area contributed by atoms with Gasteiger partial charge in [0.1, 0.15) is 0 Å². The summed E-state index contributed by atoms with van der Waals surface area (Å²) in [7, 11) is 0. The molecule has 6 rings (SSSR count). The highest BCUT2D eigenvalue weighted by Crippen LogP contribution is 2.60. The molecule has 0 aliphatic heterocycles. The van der Waals surface area contributed by atoms with Crippen molar-refractivity contribution in [1.82, 2.24) is 0 Å². The Morgan fingerprint density at radius 1 is 0.760 bits per heavy atom. The van der Waals surface area contributed by atoms with Crippen LogP contribution in [0.4, 0.5) is 0 Å². The van der Waals surface area contributed by atoms with Crippen molar-refractivity contribution in [2.45, 2.75) is 43.9 Å². The van der Waals surface area contributed by atoms with Crippen LogP contribution in [0.25, 0.3) is 0 Å². The van der Waals surface area contributed by atoms with Crippen molar-refractivity contribution in [3.05, 3.63) is 68.8 Å². The molecule has 0 aromatic heterocycles. The van der Waals surface area contributed by atoms with Crippen molar-refractivity contribution >= 4 is 28.3 Å². The van der Waals surface area contributed by atoms with Crippen molar-refractivity contribution in [2.24, 2.45) is 17.8 Å². The van der Waals surface area contributed by atoms with Crippen LogP contribution in [0.1, 0.15) is 55.2 Å². The fourth-order valence-electron chi connectivity index (χ4n) is 6.24. The van der Waals surface area contributed by atoms with Crippen LogP contribution in [0.2, 0.25) is 0 Å². The third kappa shape index (κ3) is 2.77. The van der Waals surface area contributed by atoms with Gasteiger partial charge in [0.05, 0.1) is 5.71 Å². The third-order valence-electron chi connectivity index (χ3n) is 6.96. The highest BCUT2D eigenvalue weighted by Gasteiger charge is 2.51. The Labute approximate surface area is 163 Å². The van der Waals surface area contributed by atoms with Crippen molar-refractivity contribution in [1.29, 1.82) is 5.41 Å². The molecular weight excluding hydrogens is 417 g/mol. The van der Waals surface area contributed by atoms with Crippen molar-refractivity contribution in [3.63, 3.8) is 0 Å². The Balaban J connectivity index is 1.42. The summed E-state index contributed by atoms with van der Waals surface area (Å²) in [6.45, 7) is 0. The number of nitrogens with one attached hydrogen (secondary N) is 1. The summed E-state index contributed by atoms with van der Waals surface area (Å²) in [6.07, 6.45) is 8.71. The molecule has 0 spiro atoms. The predicted octanol–water partition coefficient (Wildman–Crippen LogP) is 6.18. The topological polar surface area (TPSA) is 23.9 Å². The van der Waals surface area contributed by atoms with E-state index in [0.29, 0.717) is 11.1 Å². The van der Waals surface area contributed by atoms with Gasteiger partial charge in [-0.15, -0.1) is 0 Å². The second-order valence-corrected chi connectivity index (χ2v) is 9.90. The zero-order valence-corrected chi connectivity index (χ0v) is 16.6. The Kier molecular flexibility index (Phi) is 3.81. The summed E-state index contributed by atoms with van der Waals surface area (Å²) in [5.74, 6) is 2.95. The molecule has 0 radical (unpaired) electrons. The van der Waals surface area contributed by atoms with Crippen LogP contribution in [0.15, 0.2) is 48.5 Å². The van der Waals surface area contributed by atoms with Crippen molar-refractivity contribution < 1.29 is 0 Å². The molecule has 0 unspecified atom stereocenters. The molecule has 1 nitrogen and oxygen atoms in total. The summed E-state index contributed by atoms with van der Waals surface area (Å²) in [6, 6.07) is 17.3. The van der Waals surface area contributed by atoms with Gasteiger partial charge in [-0.1, -0.05) is 36.4 Å². The molecule has 2 aromatic rings. The second kappa shape index (κ2) is 5.94. The first kappa shape index (κ1) is 16.0. The normalized spacial score (nSPS) is 32.8. The molecule has 4 fully saturated rings. The largest absolute Gasteiger partial charge is 0.300 e. The lowest BCUT2D eigenvalue weighted by Gasteiger charge is -2.57. The van der Waals surface area contributed by atoms with Gasteiger partial charge in [0.15, 0.2) is 0 Å². The third-order valence-corrected chi connectivity index (χ3v) is 7.68. The Morgan fingerprint density at radius 3 is 1.68 bits per heavy atom. The molecule has 4 aliphatic rings. The number of halogens is 1. The van der Waals surface area contributed by atoms with Gasteiger partial charge in [-0.3, -0.25) is 5.41 Å². The lowest BCUT2D eigenvalue weighted by molar-refractivity contribution is -0.00518. The maximum atomic E-state index is 8.53. The van der Waals surface area contributed by atoms with Crippen LogP contribution >= 0.6 is 22.6 Å². The van der Waals surface area contributed by atoms with Gasteiger partial charge in [0.2, 0.25) is 0 Å². The van der Waals surface area contributed by atoms with Gasteiger partial charge >= 0.3 is 0 Å². The first-order valence-electron chi connectivity index (χ1n) is 9.57. The lowest BCUT2D eigenvalue weighted by Crippen LogP contribution is -2.48. The second-order valence-electron chi connectivity index (χ2n) is 8.66. The first-order chi connectivity index (χ1) is 12.1. The monoisotopic (exact) mass is 441 g/mol. The van der Waals surface area contributed by atoms with Crippen LogP contribution in [0, 0.1) is 26.7 Å². The Bertz CT molecular complexity index is 768. The maximum absolute atomic E-state index is 8.53. The van der Waals surface area contributed by atoms with Crippen LogP contribution < -0.4 is 0 Å². The first-order valence-corrected chi connectivity index (χ1v) is 10.6. The molecule has 2 aromatic carbocycles. The molecule has 4 bridgehead atoms. The van der Waals surface area contributed by atoms with Crippen LogP contribution in [0.5, 0.6) is 0 Å². The number of hydrogen-bond acceptors (Lipinski definition) is 1. The van der Waals surface area contributed by atoms with E-state index >= 15 is 0 Å². The average molecular weight is 441 g/mol. The van der Waals surface area contributed by atoms with E-state index in [1.807, 2.05) is 0 Å². The summed E-state index contributed by atoms with van der Waals surface area (Å²) in [5.41, 5.74) is 4.68. The van der Waals surface area contributed by atoms with E-state index in [1.165, 1.54) is 42.1 Å². The fraction of sp³-hybridized carbons (Fsp3) is 0.435. The molecule has 0 amide bonds. The Hall–Kier alpha value is -1.16. The molecule has 2 heteroatoms. The SMILES string of the molecule is N=C(c1ccc(I)cc1)c1ccc(C23CC4CC(CC(C4)C2)C3)cc1. The van der Waals surface area contributed by atoms with Gasteiger partial charge in [-0.2, -0.15) is 0 Å². The quantitative estimate of drug-likeness (QED) is 0.435. The van der Waals surface area contributed by atoms with E-state index in [2.05, 4.69) is 71.1 Å². The van der Waals surface area contributed by atoms with E-state index in [1.54, 1.807) is 5.56 Å². The van der Waals surface area contributed by atoms with Crippen LogP contribution in [-0.4, -0.2) is 5.71 Å². The molecule has 1 N–H and O–H groups in total. The van der Waals surface area contributed by atoms with Crippen molar-refractivity contribution in [2.75, 3.05) is 0 Å². The minimum atomic E-state index is 0.457. The Morgan fingerprint density at radius 2 is 1.20 bits per heavy atom. The van der Waals surface area contributed by atoms with E-state index in [-0.39, 0.29) is 0 Å². The highest BCUT2D eigenvalue weighted by atomic mass is 127. The molecule has 0 heterocycles. The summed E-state index contributed by atoms with van der Waals surface area (Å²) in [4.78, 5) is 0. The average Bonchev–Trinajstić information content (AvgIpc) is 2.61. The predicted molar refractivity (Wildman–Crippen MR) is 111 cm³/mol. The summed E-state index contributed by atoms with van der Waals surface area (Å²) >= 11 is 2.31. The van der Waals surface area contributed by atoms with E-state index in [4.69, 9.17) is 5.41 Å². The van der Waals surface area contributed by atoms with Gasteiger partial charge in [-0.05, 0) is 102 Å². The standard InChI is InChI=1S/C23H24IN/c24-21-7-3-19(4-8-21)22(25)18-1-5-20(6-2-18)23-12-15-9-16(13-23)11-17(10-15)14-23/h1-8,15-17,25H,9-14H2. The molecule has 25 heavy (non-hydrogen) atoms. The number of hydrogen-bond donors (Lipinski definition) is 1. The van der Waals surface area contributed by atoms with E-state index in [9.17, 15) is 0 Å². The minimum absolute atomic E-state index is 0.457. The smallest absolute Gasteiger partial charge is 0.0684 e. The van der Waals surface area contributed by atoms with Gasteiger partial charge in [-0.25, -0.2) is 0 Å². The molecule has 0 atom stereocenters. The molecule has 4 aliphatic carbocycles. The zero-order chi connectivity index (χ0) is 17.0. The zero-order valence-electron chi connectivity index (χ0n) is 14.5. The van der Waals surface area contributed by atoms with Gasteiger partial charge in [0.25, 0.3) is 0 Å². The van der Waals surface area contributed by atoms with Crippen molar-refractivity contribution in [3.8, 4) is 0 Å². The lowest BCUT2D eigenvalue weighted by atomic mass is 9.48. The van der Waals surface area contributed by atoms with Crippen LogP contribution in [-0.2, 0) is 5.41 Å². The molecule has 4 saturated carbocycles. The van der Waals surface area contributed by atoms with E-state index < -0.39 is 0 Å². The van der Waals surface area contributed by atoms with Crippen LogP contribution in [0.3, 0.4) is 0 Å². The summed E-state index contributed by atoms with van der Waals surface area (Å²) in [5, 5.41) is 8.53. The highest BCUT2D eigenvalue weighted by molar-refractivity contribution is 14.1. The number of benzene rings is 2. The minimum Gasteiger partial charge on any atom is -0.300 e. The maximum Gasteiger partial charge on any atom is 0.0684 e. The summed E-state index contributed by atoms with van der Waals surface area (Å²) < 4.78 is 1.21. The van der Waals surface area contributed by atoms with E-state index in [0.717, 1.165) is 28.9 Å². The molecule has 128 valence electrons. The fourth-order valence-corrected chi connectivity index (χ4v) is 6.60. The van der Waals surface area contributed by atoms with Gasteiger partial charge < -0.3 is 0 Å². The molecular formula is C23H24IN.